The maximum absolute atomic E-state index is 9.78. The van der Waals surface area contributed by atoms with Crippen LogP contribution in [-0.4, -0.2) is 15.8 Å². The van der Waals surface area contributed by atoms with Crippen LogP contribution in [0.3, 0.4) is 0 Å². The van der Waals surface area contributed by atoms with Crippen molar-refractivity contribution in [3.05, 3.63) is 296 Å². The van der Waals surface area contributed by atoms with E-state index < -0.39 is 78.6 Å². The van der Waals surface area contributed by atoms with Crippen molar-refractivity contribution in [2.45, 2.75) is 52.4 Å². The fourth-order valence-electron chi connectivity index (χ4n) is 14.8. The van der Waals surface area contributed by atoms with E-state index in [-0.39, 0.29) is 44.9 Å². The van der Waals surface area contributed by atoms with Crippen LogP contribution in [0.4, 0.5) is 34.1 Å². The SMILES string of the molecule is [2H]c1c([2H])c([2H])c(-c2ccc3c(c2)N(c2cc(-c4ccccc4C(C)(C)C)cc4oc5ccccc5c24)c2cc(C(C)(C)C)cc4c2B3c2ccc(-n3c5c([2H])c([2H])c([2H])c([2H])c5c5c([2H])c([2H])c([2H])c([2H])c53)cc2N4c2c(-c3ccccc3)ccc3c2c2ccccc2n3-c2ccccc2)c([2H])c1[2H]. The normalized spacial score (nSPS) is 15.0. The number of benzene rings is 13. The first kappa shape index (κ1) is 42.0. The molecule has 6 heteroatoms. The maximum Gasteiger partial charge on any atom is 0.252 e. The van der Waals surface area contributed by atoms with E-state index in [1.54, 1.807) is 4.57 Å². The number of para-hydroxylation sites is 5. The second-order valence-electron chi connectivity index (χ2n) is 26.3. The second kappa shape index (κ2) is 20.2. The Labute approximate surface area is 554 Å². The van der Waals surface area contributed by atoms with E-state index in [2.05, 4.69) is 171 Å². The van der Waals surface area contributed by atoms with Gasteiger partial charge in [-0.3, -0.25) is 0 Å². The lowest BCUT2D eigenvalue weighted by molar-refractivity contribution is 0.590. The minimum absolute atomic E-state index is 0.0229. The number of rotatable bonds is 7. The van der Waals surface area contributed by atoms with E-state index in [1.807, 2.05) is 91.0 Å². The Morgan fingerprint density at radius 1 is 0.359 bits per heavy atom. The van der Waals surface area contributed by atoms with Crippen LogP contribution < -0.4 is 26.2 Å². The molecule has 5 heterocycles. The van der Waals surface area contributed by atoms with Gasteiger partial charge in [-0.1, -0.05) is 241 Å². The molecule has 0 bridgehead atoms. The third-order valence-electron chi connectivity index (χ3n) is 18.9. The lowest BCUT2D eigenvalue weighted by atomic mass is 9.33. The second-order valence-corrected chi connectivity index (χ2v) is 26.3. The Balaban J connectivity index is 1.06. The number of aromatic nitrogens is 2. The average molecular weight is 1190 g/mol. The van der Waals surface area contributed by atoms with Gasteiger partial charge in [0.15, 0.2) is 0 Å². The summed E-state index contributed by atoms with van der Waals surface area (Å²) < 4.78 is 132. The van der Waals surface area contributed by atoms with Gasteiger partial charge in [0.05, 0.1) is 56.6 Å². The highest BCUT2D eigenvalue weighted by Crippen LogP contribution is 2.55. The number of anilines is 6. The molecule has 0 saturated carbocycles. The van der Waals surface area contributed by atoms with E-state index >= 15 is 0 Å². The van der Waals surface area contributed by atoms with Crippen molar-refractivity contribution in [2.75, 3.05) is 9.80 Å². The van der Waals surface area contributed by atoms with Gasteiger partial charge in [-0.15, -0.1) is 0 Å². The molecule has 0 radical (unpaired) electrons. The summed E-state index contributed by atoms with van der Waals surface area (Å²) in [6.07, 6.45) is 0. The first-order chi connectivity index (χ1) is 50.3. The monoisotopic (exact) mass is 1190 g/mol. The predicted molar refractivity (Wildman–Crippen MR) is 390 cm³/mol. The number of nitrogens with zero attached hydrogens (tertiary/aromatic N) is 4. The predicted octanol–water partition coefficient (Wildman–Crippen LogP) is 21.5. The minimum atomic E-state index is -0.677. The summed E-state index contributed by atoms with van der Waals surface area (Å²) in [6, 6.07) is 64.5. The van der Waals surface area contributed by atoms with Crippen LogP contribution in [-0.2, 0) is 10.8 Å². The molecule has 13 aromatic carbocycles. The van der Waals surface area contributed by atoms with Crippen LogP contribution >= 0.6 is 0 Å². The standard InChI is InChI=1S/C86H65BN4O/c1-85(2,3)58-51-77-83-78(52-58)91(84-62(55-28-12-8-13-29-55)44-47-73-82(84)65-35-19-24-40-72(65)88(73)59-30-14-9-15-31-59)75-53-60(89-70-38-22-17-33-63(70)64-34-18-23-39-71(64)89)43-46-69(75)87(83)68-45-42-56(54-26-10-7-11-27-54)48-74(68)90(77)76-49-57(61-32-16-21-37-67(61)86(4,5)6)50-80-81(76)66-36-20-25-41-79(66)92-80/h7-53H,1-6H3/i7D,10D,11D,17D,18D,22D,23D,26D,27D,33D,34D,38D,39D. The Hall–Kier alpha value is -11.1. The number of hydrogen-bond acceptors (Lipinski definition) is 3. The molecule has 92 heavy (non-hydrogen) atoms. The first-order valence-corrected chi connectivity index (χ1v) is 31.2. The van der Waals surface area contributed by atoms with E-state index in [1.165, 1.54) is 0 Å². The van der Waals surface area contributed by atoms with Gasteiger partial charge in [0, 0.05) is 66.6 Å². The number of furan rings is 1. The van der Waals surface area contributed by atoms with Gasteiger partial charge in [0.1, 0.15) is 11.2 Å². The summed E-state index contributed by atoms with van der Waals surface area (Å²) >= 11 is 0. The summed E-state index contributed by atoms with van der Waals surface area (Å²) in [5.74, 6) is 0. The third kappa shape index (κ3) is 8.12. The van der Waals surface area contributed by atoms with Gasteiger partial charge in [0.25, 0.3) is 6.71 Å². The molecule has 0 atom stereocenters. The molecule has 2 aliphatic rings. The molecule has 438 valence electrons. The molecule has 0 amide bonds. The molecule has 18 rings (SSSR count). The smallest absolute Gasteiger partial charge is 0.252 e. The molecule has 5 nitrogen and oxygen atoms in total. The molecule has 3 aromatic heterocycles. The fraction of sp³-hybridized carbons (Fsp3) is 0.0930. The Morgan fingerprint density at radius 2 is 0.967 bits per heavy atom. The Kier molecular flexibility index (Phi) is 9.23. The largest absolute Gasteiger partial charge is 0.456 e. The molecule has 0 unspecified atom stereocenters. The van der Waals surface area contributed by atoms with Gasteiger partial charge < -0.3 is 23.4 Å². The lowest BCUT2D eigenvalue weighted by Crippen LogP contribution is -2.61. The summed E-state index contributed by atoms with van der Waals surface area (Å²) in [7, 11) is 0. The average Bonchev–Trinajstić information content (AvgIpc) is 1.58. The van der Waals surface area contributed by atoms with Crippen molar-refractivity contribution in [3.63, 3.8) is 0 Å². The molecule has 0 saturated heterocycles. The first-order valence-electron chi connectivity index (χ1n) is 37.7. The highest BCUT2D eigenvalue weighted by molar-refractivity contribution is 7.00. The van der Waals surface area contributed by atoms with E-state index in [0.29, 0.717) is 33.8 Å². The van der Waals surface area contributed by atoms with Crippen molar-refractivity contribution in [3.8, 4) is 44.8 Å². The topological polar surface area (TPSA) is 29.5 Å². The highest BCUT2D eigenvalue weighted by atomic mass is 16.3. The lowest BCUT2D eigenvalue weighted by Gasteiger charge is -2.46. The molecule has 0 aliphatic carbocycles. The van der Waals surface area contributed by atoms with Gasteiger partial charge >= 0.3 is 0 Å². The number of fused-ring (bicyclic) bond motifs is 13. The molecule has 0 fully saturated rings. The third-order valence-corrected chi connectivity index (χ3v) is 18.9. The Morgan fingerprint density at radius 3 is 1.71 bits per heavy atom. The van der Waals surface area contributed by atoms with Gasteiger partial charge in [-0.2, -0.15) is 0 Å². The fourth-order valence-corrected chi connectivity index (χ4v) is 14.8. The zero-order chi connectivity index (χ0) is 73.0. The van der Waals surface area contributed by atoms with Gasteiger partial charge in [-0.25, -0.2) is 0 Å². The summed E-state index contributed by atoms with van der Waals surface area (Å²) in [5.41, 5.74) is 16.6. The quantitative estimate of drug-likeness (QED) is 0.149. The summed E-state index contributed by atoms with van der Waals surface area (Å²) in [6.45, 7) is 12.5. The summed E-state index contributed by atoms with van der Waals surface area (Å²) in [4.78, 5) is 4.67. The molecular weight excluding hydrogens is 1120 g/mol. The molecule has 2 aliphatic heterocycles. The highest BCUT2D eigenvalue weighted by Gasteiger charge is 2.46. The maximum atomic E-state index is 9.78. The van der Waals surface area contributed by atoms with Crippen LogP contribution in [0.2, 0.25) is 0 Å². The Bertz CT molecular complexity index is 6400. The van der Waals surface area contributed by atoms with Crippen molar-refractivity contribution < 1.29 is 22.2 Å². The van der Waals surface area contributed by atoms with E-state index in [0.717, 1.165) is 111 Å². The van der Waals surface area contributed by atoms with Crippen molar-refractivity contribution in [1.82, 2.24) is 9.13 Å². The van der Waals surface area contributed by atoms with E-state index in [4.69, 9.17) is 11.3 Å². The van der Waals surface area contributed by atoms with Gasteiger partial charge in [-0.05, 0) is 151 Å². The van der Waals surface area contributed by atoms with Crippen molar-refractivity contribution in [2.24, 2.45) is 0 Å². The van der Waals surface area contributed by atoms with Crippen LogP contribution in [0.25, 0.3) is 110 Å². The molecule has 0 spiro atoms. The number of hydrogen-bond donors (Lipinski definition) is 0. The van der Waals surface area contributed by atoms with Crippen LogP contribution in [0.15, 0.2) is 289 Å². The van der Waals surface area contributed by atoms with E-state index in [9.17, 15) is 11.0 Å². The summed E-state index contributed by atoms with van der Waals surface area (Å²) in [5, 5.41) is 3.45. The van der Waals surface area contributed by atoms with Gasteiger partial charge in [0.2, 0.25) is 0 Å². The molecule has 0 N–H and O–H groups in total. The zero-order valence-corrected chi connectivity index (χ0v) is 51.4. The van der Waals surface area contributed by atoms with Crippen molar-refractivity contribution >= 4 is 123 Å². The minimum Gasteiger partial charge on any atom is -0.456 e. The van der Waals surface area contributed by atoms with Crippen molar-refractivity contribution in [1.29, 1.82) is 0 Å². The van der Waals surface area contributed by atoms with Crippen LogP contribution in [0.5, 0.6) is 0 Å². The zero-order valence-electron chi connectivity index (χ0n) is 64.4. The molecular formula is C86H65BN4O. The van der Waals surface area contributed by atoms with Crippen LogP contribution in [0, 0.1) is 0 Å². The van der Waals surface area contributed by atoms with Crippen LogP contribution in [0.1, 0.15) is 70.5 Å². The molecule has 16 aromatic rings.